The summed E-state index contributed by atoms with van der Waals surface area (Å²) in [5.41, 5.74) is 0.949. The van der Waals surface area contributed by atoms with Crippen LogP contribution in [0.4, 0.5) is 0 Å². The number of aromatic nitrogens is 2. The maximum absolute atomic E-state index is 11.8. The van der Waals surface area contributed by atoms with E-state index in [0.717, 1.165) is 5.01 Å². The number of amides is 2. The van der Waals surface area contributed by atoms with Crippen LogP contribution in [0.15, 0.2) is 23.7 Å². The minimum atomic E-state index is -0.672. The molecule has 7 nitrogen and oxygen atoms in total. The van der Waals surface area contributed by atoms with Gasteiger partial charge < -0.3 is 9.30 Å². The summed E-state index contributed by atoms with van der Waals surface area (Å²) in [6, 6.07) is 3.27. The summed E-state index contributed by atoms with van der Waals surface area (Å²) in [5, 5.41) is 4.77. The van der Waals surface area contributed by atoms with E-state index < -0.39 is 24.4 Å². The summed E-state index contributed by atoms with van der Waals surface area (Å²) in [6.45, 7) is 1.33. The van der Waals surface area contributed by atoms with E-state index in [1.807, 2.05) is 6.92 Å². The van der Waals surface area contributed by atoms with E-state index in [4.69, 9.17) is 4.74 Å². The summed E-state index contributed by atoms with van der Waals surface area (Å²) in [5.74, 6) is -1.77. The molecule has 2 aromatic rings. The first-order valence-corrected chi connectivity index (χ1v) is 7.36. The number of nitrogens with one attached hydrogen (secondary N) is 1. The highest BCUT2D eigenvalue weighted by atomic mass is 32.1. The van der Waals surface area contributed by atoms with Gasteiger partial charge in [-0.05, 0) is 19.1 Å². The molecule has 0 saturated heterocycles. The Morgan fingerprint density at radius 1 is 1.41 bits per heavy atom. The van der Waals surface area contributed by atoms with Crippen LogP contribution in [-0.2, 0) is 27.8 Å². The lowest BCUT2D eigenvalue weighted by molar-refractivity contribution is -0.147. The van der Waals surface area contributed by atoms with Crippen molar-refractivity contribution in [3.63, 3.8) is 0 Å². The summed E-state index contributed by atoms with van der Waals surface area (Å²) in [7, 11) is 1.69. The number of hydrogen-bond donors (Lipinski definition) is 1. The zero-order valence-corrected chi connectivity index (χ0v) is 13.0. The van der Waals surface area contributed by atoms with Crippen LogP contribution in [0.1, 0.15) is 21.2 Å². The van der Waals surface area contributed by atoms with Crippen molar-refractivity contribution < 1.29 is 19.1 Å². The molecule has 2 heterocycles. The molecule has 0 aliphatic rings. The maximum Gasteiger partial charge on any atom is 0.312 e. The zero-order valence-electron chi connectivity index (χ0n) is 12.2. The Labute approximate surface area is 130 Å². The molecule has 0 saturated carbocycles. The lowest BCUT2D eigenvalue weighted by Crippen LogP contribution is -2.35. The number of imide groups is 1. The lowest BCUT2D eigenvalue weighted by atomic mass is 10.3. The van der Waals surface area contributed by atoms with Gasteiger partial charge in [-0.25, -0.2) is 4.98 Å². The molecular formula is C14H15N3O4S. The Morgan fingerprint density at radius 3 is 2.77 bits per heavy atom. The van der Waals surface area contributed by atoms with Gasteiger partial charge in [-0.1, -0.05) is 0 Å². The zero-order chi connectivity index (χ0) is 16.1. The molecule has 0 unspecified atom stereocenters. The number of rotatable bonds is 5. The van der Waals surface area contributed by atoms with Crippen LogP contribution >= 0.6 is 11.3 Å². The number of esters is 1. The average molecular weight is 321 g/mol. The van der Waals surface area contributed by atoms with Crippen LogP contribution in [-0.4, -0.2) is 33.9 Å². The summed E-state index contributed by atoms with van der Waals surface area (Å²) in [6.07, 6.45) is 1.69. The van der Waals surface area contributed by atoms with Crippen molar-refractivity contribution in [3.05, 3.63) is 40.1 Å². The summed E-state index contributed by atoms with van der Waals surface area (Å²) < 4.78 is 6.40. The molecule has 0 fully saturated rings. The fourth-order valence-corrected chi connectivity index (χ4v) is 2.37. The normalized spacial score (nSPS) is 10.3. The highest BCUT2D eigenvalue weighted by Crippen LogP contribution is 2.08. The average Bonchev–Trinajstić information content (AvgIpc) is 3.05. The van der Waals surface area contributed by atoms with E-state index in [9.17, 15) is 14.4 Å². The largest absolute Gasteiger partial charge is 0.455 e. The summed E-state index contributed by atoms with van der Waals surface area (Å²) >= 11 is 1.43. The third-order valence-electron chi connectivity index (χ3n) is 2.79. The molecule has 116 valence electrons. The Bertz CT molecular complexity index is 705. The van der Waals surface area contributed by atoms with Crippen molar-refractivity contribution in [3.8, 4) is 0 Å². The SMILES string of the molecule is Cc1nc(CC(=O)OCC(=O)NC(=O)c2cccn2C)cs1. The molecule has 0 spiro atoms. The van der Waals surface area contributed by atoms with E-state index in [-0.39, 0.29) is 6.42 Å². The second-order valence-electron chi connectivity index (χ2n) is 4.58. The number of aryl methyl sites for hydroxylation is 2. The Kier molecular flexibility index (Phi) is 5.05. The fourth-order valence-electron chi connectivity index (χ4n) is 1.76. The maximum atomic E-state index is 11.8. The smallest absolute Gasteiger partial charge is 0.312 e. The third kappa shape index (κ3) is 4.26. The van der Waals surface area contributed by atoms with Gasteiger partial charge in [0, 0.05) is 18.6 Å². The van der Waals surface area contributed by atoms with Gasteiger partial charge in [0.1, 0.15) is 5.69 Å². The Hall–Kier alpha value is -2.48. The third-order valence-corrected chi connectivity index (χ3v) is 3.61. The van der Waals surface area contributed by atoms with Gasteiger partial charge in [-0.3, -0.25) is 19.7 Å². The van der Waals surface area contributed by atoms with Gasteiger partial charge in [-0.15, -0.1) is 11.3 Å². The number of thiazole rings is 1. The van der Waals surface area contributed by atoms with Gasteiger partial charge in [0.05, 0.1) is 17.1 Å². The number of hydrogen-bond acceptors (Lipinski definition) is 6. The predicted molar refractivity (Wildman–Crippen MR) is 79.4 cm³/mol. The van der Waals surface area contributed by atoms with Crippen LogP contribution in [0.5, 0.6) is 0 Å². The molecule has 1 N–H and O–H groups in total. The van der Waals surface area contributed by atoms with E-state index in [0.29, 0.717) is 11.4 Å². The van der Waals surface area contributed by atoms with Gasteiger partial charge in [0.2, 0.25) is 0 Å². The molecule has 2 amide bonds. The van der Waals surface area contributed by atoms with E-state index in [1.165, 1.54) is 11.3 Å². The summed E-state index contributed by atoms with van der Waals surface area (Å²) in [4.78, 5) is 39.1. The topological polar surface area (TPSA) is 90.3 Å². The first-order valence-electron chi connectivity index (χ1n) is 6.48. The van der Waals surface area contributed by atoms with Crippen molar-refractivity contribution in [2.45, 2.75) is 13.3 Å². The quantitative estimate of drug-likeness (QED) is 0.824. The van der Waals surface area contributed by atoms with Crippen molar-refractivity contribution >= 4 is 29.1 Å². The monoisotopic (exact) mass is 321 g/mol. The van der Waals surface area contributed by atoms with Crippen LogP contribution in [0.2, 0.25) is 0 Å². The highest BCUT2D eigenvalue weighted by Gasteiger charge is 2.15. The predicted octanol–water partition coefficient (Wildman–Crippen LogP) is 0.832. The molecule has 0 radical (unpaired) electrons. The minimum Gasteiger partial charge on any atom is -0.455 e. The fraction of sp³-hybridized carbons (Fsp3) is 0.286. The molecule has 0 bridgehead atoms. The Morgan fingerprint density at radius 2 is 2.18 bits per heavy atom. The number of carbonyl (C=O) groups is 3. The number of carbonyl (C=O) groups excluding carboxylic acids is 3. The highest BCUT2D eigenvalue weighted by molar-refractivity contribution is 7.09. The Balaban J connectivity index is 1.76. The molecule has 0 aliphatic carbocycles. The van der Waals surface area contributed by atoms with E-state index in [1.54, 1.807) is 35.3 Å². The first-order chi connectivity index (χ1) is 10.5. The van der Waals surface area contributed by atoms with Crippen molar-refractivity contribution in [2.75, 3.05) is 6.61 Å². The van der Waals surface area contributed by atoms with E-state index >= 15 is 0 Å². The van der Waals surface area contributed by atoms with Crippen LogP contribution in [0, 0.1) is 6.92 Å². The van der Waals surface area contributed by atoms with Crippen molar-refractivity contribution in [1.29, 1.82) is 0 Å². The van der Waals surface area contributed by atoms with Gasteiger partial charge >= 0.3 is 5.97 Å². The molecule has 2 aromatic heterocycles. The number of ether oxygens (including phenoxy) is 1. The van der Waals surface area contributed by atoms with E-state index in [2.05, 4.69) is 10.3 Å². The molecular weight excluding hydrogens is 306 g/mol. The molecule has 2 rings (SSSR count). The molecule has 0 atom stereocenters. The van der Waals surface area contributed by atoms with Crippen LogP contribution < -0.4 is 5.32 Å². The molecule has 0 aromatic carbocycles. The molecule has 22 heavy (non-hydrogen) atoms. The second-order valence-corrected chi connectivity index (χ2v) is 5.64. The minimum absolute atomic E-state index is 0.00335. The van der Waals surface area contributed by atoms with Crippen LogP contribution in [0.3, 0.4) is 0 Å². The van der Waals surface area contributed by atoms with Crippen molar-refractivity contribution in [1.82, 2.24) is 14.9 Å². The van der Waals surface area contributed by atoms with Gasteiger partial charge in [-0.2, -0.15) is 0 Å². The number of nitrogens with zero attached hydrogens (tertiary/aromatic N) is 2. The van der Waals surface area contributed by atoms with Gasteiger partial charge in [0.25, 0.3) is 11.8 Å². The van der Waals surface area contributed by atoms with Crippen LogP contribution in [0.25, 0.3) is 0 Å². The lowest BCUT2D eigenvalue weighted by Gasteiger charge is -2.06. The van der Waals surface area contributed by atoms with Crippen molar-refractivity contribution in [2.24, 2.45) is 7.05 Å². The second kappa shape index (κ2) is 6.99. The van der Waals surface area contributed by atoms with Gasteiger partial charge in [0.15, 0.2) is 6.61 Å². The molecule has 0 aliphatic heterocycles. The molecule has 8 heteroatoms. The standard InChI is InChI=1S/C14H15N3O4S/c1-9-15-10(8-22-9)6-13(19)21-7-12(18)16-14(20)11-4-3-5-17(11)2/h3-5,8H,6-7H2,1-2H3,(H,16,18,20). The first kappa shape index (κ1) is 15.9.